The summed E-state index contributed by atoms with van der Waals surface area (Å²) in [5.41, 5.74) is -0.449. The summed E-state index contributed by atoms with van der Waals surface area (Å²) in [7, 11) is 1.67. The van der Waals surface area contributed by atoms with Crippen molar-refractivity contribution in [2.45, 2.75) is 57.7 Å². The van der Waals surface area contributed by atoms with Gasteiger partial charge in [0.05, 0.1) is 24.9 Å². The van der Waals surface area contributed by atoms with Crippen molar-refractivity contribution in [3.63, 3.8) is 0 Å². The molecule has 2 saturated carbocycles. The Bertz CT molecular complexity index is 1050. The molecule has 33 heavy (non-hydrogen) atoms. The van der Waals surface area contributed by atoms with E-state index in [0.29, 0.717) is 43.1 Å². The Labute approximate surface area is 191 Å². The van der Waals surface area contributed by atoms with E-state index in [9.17, 15) is 13.6 Å². The summed E-state index contributed by atoms with van der Waals surface area (Å²) >= 11 is 0. The lowest BCUT2D eigenvalue weighted by molar-refractivity contribution is -0.0379. The molecule has 5 rings (SSSR count). The minimum absolute atomic E-state index is 0.0595. The van der Waals surface area contributed by atoms with Gasteiger partial charge >= 0.3 is 0 Å². The third-order valence-corrected chi connectivity index (χ3v) is 7.32. The summed E-state index contributed by atoms with van der Waals surface area (Å²) < 4.78 is 46.4. The molecule has 1 aromatic carbocycles. The molecule has 1 aliphatic heterocycles. The van der Waals surface area contributed by atoms with Crippen LogP contribution in [0.25, 0.3) is 0 Å². The molecule has 1 N–H and O–H groups in total. The highest BCUT2D eigenvalue weighted by molar-refractivity contribution is 6.03. The van der Waals surface area contributed by atoms with Crippen LogP contribution >= 0.6 is 0 Å². The van der Waals surface area contributed by atoms with E-state index in [0.717, 1.165) is 19.3 Å². The number of rotatable bonds is 8. The van der Waals surface area contributed by atoms with Gasteiger partial charge in [0, 0.05) is 13.5 Å². The first-order valence-corrected chi connectivity index (χ1v) is 11.6. The van der Waals surface area contributed by atoms with Crippen molar-refractivity contribution in [2.24, 2.45) is 11.8 Å². The van der Waals surface area contributed by atoms with Crippen molar-refractivity contribution < 1.29 is 27.5 Å². The number of aryl methyl sites for hydroxylation is 1. The Morgan fingerprint density at radius 3 is 2.58 bits per heavy atom. The Balaban J connectivity index is 1.28. The lowest BCUT2D eigenvalue weighted by atomic mass is 9.91. The summed E-state index contributed by atoms with van der Waals surface area (Å²) in [5.74, 6) is -1.29. The van der Waals surface area contributed by atoms with Crippen LogP contribution in [0.15, 0.2) is 16.5 Å². The zero-order valence-electron chi connectivity index (χ0n) is 19.1. The van der Waals surface area contributed by atoms with Crippen LogP contribution in [0.5, 0.6) is 5.75 Å². The highest BCUT2D eigenvalue weighted by atomic mass is 19.2. The number of amides is 1. The Morgan fingerprint density at radius 1 is 1.21 bits per heavy atom. The summed E-state index contributed by atoms with van der Waals surface area (Å²) in [4.78, 5) is 19.1. The molecular formula is C24H29F2N3O4. The van der Waals surface area contributed by atoms with E-state index in [4.69, 9.17) is 13.9 Å². The van der Waals surface area contributed by atoms with Gasteiger partial charge in [0.15, 0.2) is 17.3 Å². The second kappa shape index (κ2) is 8.27. The second-order valence-corrected chi connectivity index (χ2v) is 9.38. The van der Waals surface area contributed by atoms with Gasteiger partial charge in [-0.05, 0) is 49.7 Å². The van der Waals surface area contributed by atoms with Crippen LogP contribution in [0.2, 0.25) is 0 Å². The molecule has 3 atom stereocenters. The van der Waals surface area contributed by atoms with E-state index in [1.807, 2.05) is 18.7 Å². The first kappa shape index (κ1) is 22.1. The second-order valence-electron chi connectivity index (χ2n) is 9.38. The number of nitrogens with zero attached hydrogens (tertiary/aromatic N) is 2. The number of nitrogens with one attached hydrogen (secondary N) is 1. The molecule has 1 amide bonds. The van der Waals surface area contributed by atoms with Crippen LogP contribution in [-0.2, 0) is 11.2 Å². The Morgan fingerprint density at radius 2 is 1.94 bits per heavy atom. The monoisotopic (exact) mass is 461 g/mol. The average Bonchev–Trinajstić information content (AvgIpc) is 3.19. The maximum atomic E-state index is 14.7. The number of anilines is 2. The van der Waals surface area contributed by atoms with Gasteiger partial charge in [-0.3, -0.25) is 4.79 Å². The largest absolute Gasteiger partial charge is 0.487 e. The molecule has 2 aliphatic carbocycles. The van der Waals surface area contributed by atoms with E-state index >= 15 is 0 Å². The molecule has 3 aliphatic rings. The van der Waals surface area contributed by atoms with Crippen molar-refractivity contribution in [3.8, 4) is 5.75 Å². The molecule has 7 nitrogen and oxygen atoms in total. The number of aromatic nitrogens is 1. The Hall–Kier alpha value is -2.68. The number of halogens is 2. The summed E-state index contributed by atoms with van der Waals surface area (Å²) in [6, 6.07) is 3.00. The third kappa shape index (κ3) is 3.96. The van der Waals surface area contributed by atoms with Gasteiger partial charge in [0.25, 0.3) is 11.9 Å². The molecule has 2 unspecified atom stereocenters. The van der Waals surface area contributed by atoms with E-state index in [-0.39, 0.29) is 28.8 Å². The number of methoxy groups -OCH3 is 1. The Kier molecular flexibility index (Phi) is 5.55. The van der Waals surface area contributed by atoms with Crippen LogP contribution in [-0.4, -0.2) is 42.8 Å². The van der Waals surface area contributed by atoms with Gasteiger partial charge in [-0.1, -0.05) is 13.8 Å². The molecule has 2 heterocycles. The lowest BCUT2D eigenvalue weighted by Crippen LogP contribution is -2.62. The molecule has 1 saturated heterocycles. The predicted molar refractivity (Wildman–Crippen MR) is 118 cm³/mol. The fourth-order valence-corrected chi connectivity index (χ4v) is 5.01. The highest BCUT2D eigenvalue weighted by Gasteiger charge is 2.47. The number of ether oxygens (including phenoxy) is 2. The van der Waals surface area contributed by atoms with E-state index in [1.165, 1.54) is 18.6 Å². The SMILES string of the molecule is CCc1oc(N2CC(CC)(OC)C2)nc1C(=O)Nc1ccc(OC2CC3C[C@H]3C2)c(F)c1F. The van der Waals surface area contributed by atoms with Crippen LogP contribution in [0.4, 0.5) is 20.5 Å². The molecule has 0 bridgehead atoms. The number of hydrogen-bond acceptors (Lipinski definition) is 6. The van der Waals surface area contributed by atoms with Crippen molar-refractivity contribution >= 4 is 17.6 Å². The van der Waals surface area contributed by atoms with Gasteiger partial charge in [0.1, 0.15) is 11.4 Å². The van der Waals surface area contributed by atoms with Crippen molar-refractivity contribution in [2.75, 3.05) is 30.4 Å². The minimum Gasteiger partial charge on any atom is -0.487 e. The van der Waals surface area contributed by atoms with E-state index in [1.54, 1.807) is 7.11 Å². The number of oxazole rings is 1. The number of hydrogen-bond donors (Lipinski definition) is 1. The van der Waals surface area contributed by atoms with Gasteiger partial charge in [0.2, 0.25) is 5.82 Å². The van der Waals surface area contributed by atoms with Crippen LogP contribution in [0.3, 0.4) is 0 Å². The van der Waals surface area contributed by atoms with Crippen molar-refractivity contribution in [1.82, 2.24) is 4.98 Å². The zero-order chi connectivity index (χ0) is 23.3. The number of fused-ring (bicyclic) bond motifs is 1. The molecule has 0 spiro atoms. The lowest BCUT2D eigenvalue weighted by Gasteiger charge is -2.47. The topological polar surface area (TPSA) is 76.8 Å². The summed E-state index contributed by atoms with van der Waals surface area (Å²) in [6.07, 6.45) is 4.20. The fraction of sp³-hybridized carbons (Fsp3) is 0.583. The molecule has 1 aromatic heterocycles. The first-order valence-electron chi connectivity index (χ1n) is 11.6. The number of carbonyl (C=O) groups is 1. The molecular weight excluding hydrogens is 432 g/mol. The molecule has 178 valence electrons. The average molecular weight is 462 g/mol. The third-order valence-electron chi connectivity index (χ3n) is 7.32. The highest BCUT2D eigenvalue weighted by Crippen LogP contribution is 2.52. The quantitative estimate of drug-likeness (QED) is 0.621. The number of benzene rings is 1. The summed E-state index contributed by atoms with van der Waals surface area (Å²) in [5, 5.41) is 2.43. The van der Waals surface area contributed by atoms with Gasteiger partial charge < -0.3 is 24.1 Å². The standard InChI is InChI=1S/C24H29F2N3O4/c1-4-17-21(28-23(33-17)29-11-24(5-2,12-29)31-3)22(30)27-16-6-7-18(20(26)19(16)25)32-15-9-13-8-14(13)10-15/h6-7,13-15H,4-5,8-12H2,1-3H3,(H,27,30)/t13-,14?,15?/m0/s1. The minimum atomic E-state index is -1.15. The normalized spacial score (nSPS) is 24.9. The van der Waals surface area contributed by atoms with Crippen LogP contribution < -0.4 is 15.0 Å². The van der Waals surface area contributed by atoms with E-state index in [2.05, 4.69) is 10.3 Å². The van der Waals surface area contributed by atoms with Gasteiger partial charge in [-0.25, -0.2) is 4.39 Å². The van der Waals surface area contributed by atoms with Crippen molar-refractivity contribution in [1.29, 1.82) is 0 Å². The molecule has 2 aromatic rings. The van der Waals surface area contributed by atoms with E-state index < -0.39 is 17.5 Å². The van der Waals surface area contributed by atoms with Gasteiger partial charge in [-0.15, -0.1) is 0 Å². The van der Waals surface area contributed by atoms with Crippen molar-refractivity contribution in [3.05, 3.63) is 35.2 Å². The smallest absolute Gasteiger partial charge is 0.298 e. The fourth-order valence-electron chi connectivity index (χ4n) is 5.01. The van der Waals surface area contributed by atoms with Crippen LogP contribution in [0.1, 0.15) is 55.8 Å². The summed E-state index contributed by atoms with van der Waals surface area (Å²) in [6.45, 7) is 5.10. The molecule has 0 radical (unpaired) electrons. The number of carbonyl (C=O) groups excluding carboxylic acids is 1. The van der Waals surface area contributed by atoms with Gasteiger partial charge in [-0.2, -0.15) is 9.37 Å². The molecule has 9 heteroatoms. The maximum absolute atomic E-state index is 14.7. The zero-order valence-corrected chi connectivity index (χ0v) is 19.1. The predicted octanol–water partition coefficient (Wildman–Crippen LogP) is 4.56. The van der Waals surface area contributed by atoms with Crippen LogP contribution in [0, 0.1) is 23.5 Å². The first-order chi connectivity index (χ1) is 15.9. The molecule has 3 fully saturated rings. The maximum Gasteiger partial charge on any atom is 0.298 e.